The van der Waals surface area contributed by atoms with E-state index in [2.05, 4.69) is 9.97 Å². The number of benzene rings is 1. The Morgan fingerprint density at radius 2 is 1.68 bits per heavy atom. The van der Waals surface area contributed by atoms with Gasteiger partial charge in [-0.3, -0.25) is 13.9 Å². The van der Waals surface area contributed by atoms with Crippen LogP contribution in [0, 0.1) is 6.92 Å². The predicted octanol–water partition coefficient (Wildman–Crippen LogP) is 1.58. The normalized spacial score (nSPS) is 17.5. The molecule has 0 radical (unpaired) electrons. The third kappa shape index (κ3) is 2.15. The highest BCUT2D eigenvalue weighted by molar-refractivity contribution is 5.85. The molecule has 0 spiro atoms. The molecule has 2 aliphatic carbocycles. The van der Waals surface area contributed by atoms with E-state index < -0.39 is 0 Å². The van der Waals surface area contributed by atoms with Crippen molar-refractivity contribution in [2.75, 3.05) is 0 Å². The fourth-order valence-corrected chi connectivity index (χ4v) is 3.45. The van der Waals surface area contributed by atoms with Crippen LogP contribution in [0.4, 0.5) is 0 Å². The van der Waals surface area contributed by atoms with Crippen LogP contribution in [0.5, 0.6) is 0 Å². The van der Waals surface area contributed by atoms with Crippen molar-refractivity contribution in [2.45, 2.75) is 51.3 Å². The number of rotatable bonds is 3. The topological polar surface area (TPSA) is 90.0 Å². The van der Waals surface area contributed by atoms with E-state index >= 15 is 0 Å². The number of aliphatic hydroxyl groups is 1. The Kier molecular flexibility index (Phi) is 2.94. The quantitative estimate of drug-likeness (QED) is 0.732. The van der Waals surface area contributed by atoms with Crippen LogP contribution in [-0.4, -0.2) is 24.2 Å². The lowest BCUT2D eigenvalue weighted by atomic mass is 10.1. The molecule has 2 heterocycles. The zero-order chi connectivity index (χ0) is 17.3. The number of hydrogen-bond donors (Lipinski definition) is 1. The fraction of sp³-hybridized carbons (Fsp3) is 0.444. The second kappa shape index (κ2) is 4.98. The Morgan fingerprint density at radius 3 is 2.32 bits per heavy atom. The molecule has 0 aliphatic heterocycles. The first kappa shape index (κ1) is 14.8. The average Bonchev–Trinajstić information content (AvgIpc) is 3.47. The van der Waals surface area contributed by atoms with Crippen LogP contribution < -0.4 is 11.2 Å². The number of hydrogen-bond acceptors (Lipinski definition) is 5. The van der Waals surface area contributed by atoms with E-state index in [1.165, 1.54) is 4.57 Å². The Labute approximate surface area is 142 Å². The molecular formula is C18H18N4O3. The van der Waals surface area contributed by atoms with Gasteiger partial charge in [0.05, 0.1) is 17.6 Å². The fourth-order valence-electron chi connectivity index (χ4n) is 3.45. The highest BCUT2D eigenvalue weighted by Gasteiger charge is 2.34. The van der Waals surface area contributed by atoms with Gasteiger partial charge in [-0.25, -0.2) is 14.8 Å². The molecule has 2 aliphatic rings. The largest absolute Gasteiger partial charge is 0.392 e. The van der Waals surface area contributed by atoms with Gasteiger partial charge in [-0.05, 0) is 55.9 Å². The second-order valence-corrected chi connectivity index (χ2v) is 7.11. The highest BCUT2D eigenvalue weighted by atomic mass is 16.3. The summed E-state index contributed by atoms with van der Waals surface area (Å²) in [5.74, 6) is 0. The molecule has 7 nitrogen and oxygen atoms in total. The Bertz CT molecular complexity index is 1150. The minimum atomic E-state index is -0.335. The maximum atomic E-state index is 12.9. The van der Waals surface area contributed by atoms with Crippen molar-refractivity contribution in [3.63, 3.8) is 0 Å². The van der Waals surface area contributed by atoms with Crippen molar-refractivity contribution < 1.29 is 5.11 Å². The summed E-state index contributed by atoms with van der Waals surface area (Å²) in [4.78, 5) is 34.9. The van der Waals surface area contributed by atoms with Gasteiger partial charge in [0, 0.05) is 12.1 Å². The molecule has 2 aromatic heterocycles. The van der Waals surface area contributed by atoms with Crippen molar-refractivity contribution in [1.29, 1.82) is 0 Å². The van der Waals surface area contributed by atoms with Gasteiger partial charge in [0.25, 0.3) is 5.56 Å². The molecule has 0 atom stereocenters. The van der Waals surface area contributed by atoms with E-state index in [4.69, 9.17) is 0 Å². The van der Waals surface area contributed by atoms with E-state index in [1.54, 1.807) is 10.6 Å². The minimum Gasteiger partial charge on any atom is -0.392 e. The van der Waals surface area contributed by atoms with Gasteiger partial charge in [0.15, 0.2) is 11.2 Å². The van der Waals surface area contributed by atoms with E-state index in [9.17, 15) is 14.7 Å². The summed E-state index contributed by atoms with van der Waals surface area (Å²) >= 11 is 0. The molecule has 1 N–H and O–H groups in total. The number of fused-ring (bicyclic) bond motifs is 2. The van der Waals surface area contributed by atoms with Crippen molar-refractivity contribution in [3.05, 3.63) is 44.1 Å². The predicted molar refractivity (Wildman–Crippen MR) is 92.8 cm³/mol. The average molecular weight is 338 g/mol. The number of aliphatic hydroxyl groups excluding tert-OH is 1. The zero-order valence-electron chi connectivity index (χ0n) is 13.9. The number of nitrogens with zero attached hydrogens (tertiary/aromatic N) is 4. The van der Waals surface area contributed by atoms with Crippen LogP contribution in [0.25, 0.3) is 22.2 Å². The van der Waals surface area contributed by atoms with Crippen LogP contribution in [0.1, 0.15) is 48.9 Å². The Hall–Kier alpha value is -2.54. The van der Waals surface area contributed by atoms with Gasteiger partial charge < -0.3 is 5.11 Å². The SMILES string of the molecule is Cc1cc2nc3c(=O)n(C4CC4)c(=O)n(C4CC4)c3nc2cc1CO. The number of aromatic nitrogens is 4. The van der Waals surface area contributed by atoms with Crippen molar-refractivity contribution in [3.8, 4) is 0 Å². The lowest BCUT2D eigenvalue weighted by Gasteiger charge is -2.13. The highest BCUT2D eigenvalue weighted by Crippen LogP contribution is 2.37. The molecule has 0 saturated heterocycles. The van der Waals surface area contributed by atoms with Crippen LogP contribution in [0.15, 0.2) is 21.7 Å². The van der Waals surface area contributed by atoms with Crippen LogP contribution >= 0.6 is 0 Å². The monoisotopic (exact) mass is 338 g/mol. The summed E-state index contributed by atoms with van der Waals surface area (Å²) in [5.41, 5.74) is 2.93. The van der Waals surface area contributed by atoms with Crippen molar-refractivity contribution >= 4 is 22.2 Å². The van der Waals surface area contributed by atoms with Crippen LogP contribution in [0.3, 0.4) is 0 Å². The van der Waals surface area contributed by atoms with Crippen LogP contribution in [-0.2, 0) is 6.61 Å². The summed E-state index contributed by atoms with van der Waals surface area (Å²) in [5, 5.41) is 9.48. The summed E-state index contributed by atoms with van der Waals surface area (Å²) in [7, 11) is 0. The molecule has 25 heavy (non-hydrogen) atoms. The molecule has 5 rings (SSSR count). The van der Waals surface area contributed by atoms with Gasteiger partial charge in [0.1, 0.15) is 0 Å². The smallest absolute Gasteiger partial charge is 0.333 e. The van der Waals surface area contributed by atoms with Crippen LogP contribution in [0.2, 0.25) is 0 Å². The molecule has 0 unspecified atom stereocenters. The standard InChI is InChI=1S/C18H18N4O3/c1-9-6-13-14(7-10(9)8-23)20-16-15(19-13)17(24)22(12-4-5-12)18(25)21(16)11-2-3-11/h6-7,11-12,23H,2-5,8H2,1H3. The molecule has 3 aromatic rings. The molecule has 2 saturated carbocycles. The first-order chi connectivity index (χ1) is 12.1. The van der Waals surface area contributed by atoms with E-state index in [-0.39, 0.29) is 35.5 Å². The molecule has 2 fully saturated rings. The van der Waals surface area contributed by atoms with E-state index in [1.807, 2.05) is 13.0 Å². The van der Waals surface area contributed by atoms with Gasteiger partial charge in [-0.15, -0.1) is 0 Å². The minimum absolute atomic E-state index is 0.00500. The second-order valence-electron chi connectivity index (χ2n) is 7.11. The van der Waals surface area contributed by atoms with Gasteiger partial charge >= 0.3 is 5.69 Å². The maximum absolute atomic E-state index is 12.9. The summed E-state index contributed by atoms with van der Waals surface area (Å²) < 4.78 is 3.02. The molecule has 128 valence electrons. The summed E-state index contributed by atoms with van der Waals surface area (Å²) in [6.45, 7) is 1.81. The van der Waals surface area contributed by atoms with E-state index in [0.29, 0.717) is 16.7 Å². The molecule has 0 bridgehead atoms. The lowest BCUT2D eigenvalue weighted by Crippen LogP contribution is -2.40. The summed E-state index contributed by atoms with van der Waals surface area (Å²) in [6.07, 6.45) is 3.58. The molecule has 1 aromatic carbocycles. The van der Waals surface area contributed by atoms with Gasteiger partial charge in [-0.1, -0.05) is 0 Å². The Morgan fingerprint density at radius 1 is 1.04 bits per heavy atom. The first-order valence-electron chi connectivity index (χ1n) is 8.67. The summed E-state index contributed by atoms with van der Waals surface area (Å²) in [6, 6.07) is 3.73. The van der Waals surface area contributed by atoms with Crippen molar-refractivity contribution in [2.24, 2.45) is 0 Å². The maximum Gasteiger partial charge on any atom is 0.333 e. The Balaban J connectivity index is 1.93. The van der Waals surface area contributed by atoms with Gasteiger partial charge in [0.2, 0.25) is 0 Å². The van der Waals surface area contributed by atoms with Gasteiger partial charge in [-0.2, -0.15) is 0 Å². The number of aryl methyl sites for hydroxylation is 1. The molecule has 0 amide bonds. The zero-order valence-corrected chi connectivity index (χ0v) is 13.9. The molecule has 7 heteroatoms. The van der Waals surface area contributed by atoms with Crippen molar-refractivity contribution in [1.82, 2.24) is 19.1 Å². The first-order valence-corrected chi connectivity index (χ1v) is 8.67. The third-order valence-electron chi connectivity index (χ3n) is 5.16. The third-order valence-corrected chi connectivity index (χ3v) is 5.16. The molecular weight excluding hydrogens is 320 g/mol. The van der Waals surface area contributed by atoms with E-state index in [0.717, 1.165) is 36.8 Å². The lowest BCUT2D eigenvalue weighted by molar-refractivity contribution is 0.281.